The van der Waals surface area contributed by atoms with Crippen molar-refractivity contribution in [1.82, 2.24) is 4.98 Å². The molecule has 0 aliphatic heterocycles. The van der Waals surface area contributed by atoms with Gasteiger partial charge in [-0.2, -0.15) is 0 Å². The molecule has 5 rings (SSSR count). The summed E-state index contributed by atoms with van der Waals surface area (Å²) < 4.78 is 0. The lowest BCUT2D eigenvalue weighted by molar-refractivity contribution is 1.41. The van der Waals surface area contributed by atoms with Crippen LogP contribution in [0, 0.1) is 0 Å². The summed E-state index contributed by atoms with van der Waals surface area (Å²) in [6.07, 6.45) is 1.86. The standard InChI is InChI=1S/C23H15N/c1-2-8-20-16(5-1)10-11-18-15-19(12-13-21(18)20)22-9-3-6-17-7-4-14-24-23(17)22/h1-15H. The molecule has 1 heteroatoms. The third-order valence-corrected chi connectivity index (χ3v) is 4.69. The van der Waals surface area contributed by atoms with Crippen molar-refractivity contribution in [2.24, 2.45) is 0 Å². The number of para-hydroxylation sites is 1. The lowest BCUT2D eigenvalue weighted by atomic mass is 9.96. The minimum Gasteiger partial charge on any atom is -0.256 e. The Morgan fingerprint density at radius 2 is 1.33 bits per heavy atom. The number of hydrogen-bond acceptors (Lipinski definition) is 1. The van der Waals surface area contributed by atoms with Gasteiger partial charge in [-0.15, -0.1) is 0 Å². The van der Waals surface area contributed by atoms with Gasteiger partial charge in [-0.05, 0) is 39.2 Å². The fourth-order valence-corrected chi connectivity index (χ4v) is 3.52. The van der Waals surface area contributed by atoms with Crippen molar-refractivity contribution < 1.29 is 0 Å². The van der Waals surface area contributed by atoms with E-state index in [1.165, 1.54) is 38.1 Å². The summed E-state index contributed by atoms with van der Waals surface area (Å²) in [6, 6.07) is 30.1. The second kappa shape index (κ2) is 5.17. The fraction of sp³-hybridized carbons (Fsp3) is 0. The van der Waals surface area contributed by atoms with Crippen LogP contribution in [-0.2, 0) is 0 Å². The molecule has 0 amide bonds. The highest BCUT2D eigenvalue weighted by molar-refractivity contribution is 6.09. The van der Waals surface area contributed by atoms with Gasteiger partial charge < -0.3 is 0 Å². The molecule has 1 heterocycles. The molecule has 0 saturated heterocycles. The summed E-state index contributed by atoms with van der Waals surface area (Å²) in [7, 11) is 0. The van der Waals surface area contributed by atoms with Gasteiger partial charge in [0.1, 0.15) is 0 Å². The van der Waals surface area contributed by atoms with E-state index in [0.29, 0.717) is 0 Å². The third kappa shape index (κ3) is 1.99. The van der Waals surface area contributed by atoms with Crippen molar-refractivity contribution in [2.75, 3.05) is 0 Å². The molecule has 0 atom stereocenters. The van der Waals surface area contributed by atoms with Gasteiger partial charge in [0.05, 0.1) is 5.52 Å². The van der Waals surface area contributed by atoms with E-state index in [-0.39, 0.29) is 0 Å². The highest BCUT2D eigenvalue weighted by Gasteiger charge is 2.07. The predicted molar refractivity (Wildman–Crippen MR) is 102 cm³/mol. The molecule has 0 aliphatic carbocycles. The van der Waals surface area contributed by atoms with Gasteiger partial charge in [-0.3, -0.25) is 4.98 Å². The quantitative estimate of drug-likeness (QED) is 0.336. The highest BCUT2D eigenvalue weighted by atomic mass is 14.6. The summed E-state index contributed by atoms with van der Waals surface area (Å²) in [5.41, 5.74) is 3.45. The number of nitrogens with zero attached hydrogens (tertiary/aromatic N) is 1. The predicted octanol–water partition coefficient (Wildman–Crippen LogP) is 6.21. The molecule has 0 bridgehead atoms. The van der Waals surface area contributed by atoms with Gasteiger partial charge in [0.2, 0.25) is 0 Å². The number of rotatable bonds is 1. The molecule has 112 valence electrons. The van der Waals surface area contributed by atoms with Crippen molar-refractivity contribution in [1.29, 1.82) is 0 Å². The minimum atomic E-state index is 1.06. The number of pyridine rings is 1. The van der Waals surface area contributed by atoms with Gasteiger partial charge >= 0.3 is 0 Å². The monoisotopic (exact) mass is 305 g/mol. The van der Waals surface area contributed by atoms with Crippen molar-refractivity contribution in [3.63, 3.8) is 0 Å². The number of fused-ring (bicyclic) bond motifs is 4. The largest absolute Gasteiger partial charge is 0.256 e. The Bertz CT molecular complexity index is 1200. The molecule has 5 aromatic rings. The van der Waals surface area contributed by atoms with Crippen LogP contribution in [0.4, 0.5) is 0 Å². The molecule has 1 nitrogen and oxygen atoms in total. The molecule has 0 unspecified atom stereocenters. The fourth-order valence-electron chi connectivity index (χ4n) is 3.52. The number of hydrogen-bond donors (Lipinski definition) is 0. The first-order valence-electron chi connectivity index (χ1n) is 8.16. The number of aromatic nitrogens is 1. The maximum atomic E-state index is 4.59. The summed E-state index contributed by atoms with van der Waals surface area (Å²) in [4.78, 5) is 4.59. The second-order valence-corrected chi connectivity index (χ2v) is 6.10. The first-order valence-corrected chi connectivity index (χ1v) is 8.16. The zero-order valence-corrected chi connectivity index (χ0v) is 13.1. The van der Waals surface area contributed by atoms with Gasteiger partial charge in [-0.25, -0.2) is 0 Å². The Morgan fingerprint density at radius 1 is 0.542 bits per heavy atom. The van der Waals surface area contributed by atoms with E-state index in [4.69, 9.17) is 0 Å². The first kappa shape index (κ1) is 13.3. The molecule has 0 fully saturated rings. The van der Waals surface area contributed by atoms with Gasteiger partial charge in [0.25, 0.3) is 0 Å². The molecule has 0 radical (unpaired) electrons. The molecule has 0 N–H and O–H groups in total. The van der Waals surface area contributed by atoms with Gasteiger partial charge in [-0.1, -0.05) is 72.8 Å². The zero-order chi connectivity index (χ0) is 15.9. The van der Waals surface area contributed by atoms with Crippen LogP contribution in [0.15, 0.2) is 91.1 Å². The molecular weight excluding hydrogens is 290 g/mol. The zero-order valence-electron chi connectivity index (χ0n) is 13.1. The van der Waals surface area contributed by atoms with Gasteiger partial charge in [0.15, 0.2) is 0 Å². The van der Waals surface area contributed by atoms with E-state index >= 15 is 0 Å². The first-order chi connectivity index (χ1) is 11.9. The Labute approximate surface area is 140 Å². The van der Waals surface area contributed by atoms with E-state index in [1.54, 1.807) is 0 Å². The average molecular weight is 305 g/mol. The van der Waals surface area contributed by atoms with Crippen molar-refractivity contribution in [2.45, 2.75) is 0 Å². The normalized spacial score (nSPS) is 11.3. The van der Waals surface area contributed by atoms with E-state index < -0.39 is 0 Å². The lowest BCUT2D eigenvalue weighted by Crippen LogP contribution is -1.85. The van der Waals surface area contributed by atoms with Crippen LogP contribution < -0.4 is 0 Å². The number of benzene rings is 4. The van der Waals surface area contributed by atoms with Crippen molar-refractivity contribution in [3.8, 4) is 11.1 Å². The molecule has 24 heavy (non-hydrogen) atoms. The Balaban J connectivity index is 1.80. The Hall–Kier alpha value is -3.19. The second-order valence-electron chi connectivity index (χ2n) is 6.10. The molecule has 4 aromatic carbocycles. The summed E-state index contributed by atoms with van der Waals surface area (Å²) >= 11 is 0. The van der Waals surface area contributed by atoms with Crippen LogP contribution in [0.5, 0.6) is 0 Å². The molecular formula is C23H15N. The van der Waals surface area contributed by atoms with E-state index in [2.05, 4.69) is 83.8 Å². The summed E-state index contributed by atoms with van der Waals surface area (Å²) in [5.74, 6) is 0. The molecule has 0 spiro atoms. The Morgan fingerprint density at radius 3 is 2.33 bits per heavy atom. The Kier molecular flexibility index (Phi) is 2.86. The highest BCUT2D eigenvalue weighted by Crippen LogP contribution is 2.32. The van der Waals surface area contributed by atoms with Crippen LogP contribution in [0.25, 0.3) is 43.6 Å². The average Bonchev–Trinajstić information content (AvgIpc) is 2.67. The van der Waals surface area contributed by atoms with Crippen molar-refractivity contribution >= 4 is 32.4 Å². The van der Waals surface area contributed by atoms with Crippen LogP contribution in [-0.4, -0.2) is 4.98 Å². The molecule has 1 aromatic heterocycles. The summed E-state index contributed by atoms with van der Waals surface area (Å²) in [5, 5.41) is 6.32. The third-order valence-electron chi connectivity index (χ3n) is 4.69. The van der Waals surface area contributed by atoms with Crippen LogP contribution in [0.1, 0.15) is 0 Å². The summed E-state index contributed by atoms with van der Waals surface area (Å²) in [6.45, 7) is 0. The van der Waals surface area contributed by atoms with Crippen LogP contribution >= 0.6 is 0 Å². The van der Waals surface area contributed by atoms with E-state index in [0.717, 1.165) is 5.52 Å². The topological polar surface area (TPSA) is 12.9 Å². The lowest BCUT2D eigenvalue weighted by Gasteiger charge is -2.09. The maximum absolute atomic E-state index is 4.59. The van der Waals surface area contributed by atoms with E-state index in [1.807, 2.05) is 12.3 Å². The van der Waals surface area contributed by atoms with Crippen LogP contribution in [0.3, 0.4) is 0 Å². The minimum absolute atomic E-state index is 1.06. The van der Waals surface area contributed by atoms with Crippen molar-refractivity contribution in [3.05, 3.63) is 91.1 Å². The maximum Gasteiger partial charge on any atom is 0.0780 e. The van der Waals surface area contributed by atoms with E-state index in [9.17, 15) is 0 Å². The SMILES string of the molecule is c1cnc2c(-c3ccc4c(ccc5ccccc54)c3)cccc2c1. The smallest absolute Gasteiger partial charge is 0.0780 e. The van der Waals surface area contributed by atoms with Gasteiger partial charge in [0, 0.05) is 17.1 Å². The molecule has 0 aliphatic rings. The molecule has 0 saturated carbocycles. The van der Waals surface area contributed by atoms with Crippen LogP contribution in [0.2, 0.25) is 0 Å².